The van der Waals surface area contributed by atoms with E-state index in [4.69, 9.17) is 39.8 Å². The predicted molar refractivity (Wildman–Crippen MR) is 120 cm³/mol. The Morgan fingerprint density at radius 1 is 1.03 bits per heavy atom. The fourth-order valence-corrected chi connectivity index (χ4v) is 3.44. The van der Waals surface area contributed by atoms with Crippen molar-refractivity contribution in [2.75, 3.05) is 5.32 Å². The van der Waals surface area contributed by atoms with Gasteiger partial charge >= 0.3 is 0 Å². The smallest absolute Gasteiger partial charge is 0.258 e. The van der Waals surface area contributed by atoms with E-state index in [2.05, 4.69) is 15.6 Å². The summed E-state index contributed by atoms with van der Waals surface area (Å²) in [5, 5.41) is 5.98. The summed E-state index contributed by atoms with van der Waals surface area (Å²) in [5.74, 6) is -0.690. The lowest BCUT2D eigenvalue weighted by Crippen LogP contribution is -2.34. The van der Waals surface area contributed by atoms with Crippen molar-refractivity contribution in [1.29, 1.82) is 0 Å². The Kier molecular flexibility index (Phi) is 5.67. The quantitative estimate of drug-likeness (QED) is 0.364. The van der Waals surface area contributed by atoms with E-state index in [9.17, 15) is 9.18 Å². The van der Waals surface area contributed by atoms with E-state index in [0.29, 0.717) is 33.3 Å². The Bertz CT molecular complexity index is 1290. The summed E-state index contributed by atoms with van der Waals surface area (Å²) in [7, 11) is 0. The number of carbonyl (C=O) groups is 1. The van der Waals surface area contributed by atoms with Gasteiger partial charge in [0.1, 0.15) is 11.3 Å². The molecule has 0 saturated carbocycles. The molecule has 0 aliphatic carbocycles. The third-order valence-corrected chi connectivity index (χ3v) is 5.00. The maximum atomic E-state index is 13.1. The topological polar surface area (TPSA) is 67.2 Å². The third kappa shape index (κ3) is 4.28. The molecule has 1 amide bonds. The Labute approximate surface area is 185 Å². The lowest BCUT2D eigenvalue weighted by molar-refractivity contribution is 0.0978. The first-order chi connectivity index (χ1) is 14.4. The van der Waals surface area contributed by atoms with Crippen molar-refractivity contribution < 1.29 is 13.6 Å². The molecule has 0 bridgehead atoms. The number of oxazole rings is 1. The van der Waals surface area contributed by atoms with Crippen molar-refractivity contribution in [1.82, 2.24) is 10.3 Å². The molecule has 0 atom stereocenters. The van der Waals surface area contributed by atoms with Gasteiger partial charge in [0.15, 0.2) is 10.7 Å². The van der Waals surface area contributed by atoms with Crippen LogP contribution in [0.5, 0.6) is 0 Å². The monoisotopic (exact) mass is 459 g/mol. The van der Waals surface area contributed by atoms with Crippen LogP contribution in [0.1, 0.15) is 10.4 Å². The van der Waals surface area contributed by atoms with E-state index in [1.165, 1.54) is 6.07 Å². The largest absolute Gasteiger partial charge is 0.436 e. The van der Waals surface area contributed by atoms with Gasteiger partial charge in [0, 0.05) is 5.69 Å². The van der Waals surface area contributed by atoms with Gasteiger partial charge in [-0.1, -0.05) is 35.3 Å². The van der Waals surface area contributed by atoms with E-state index < -0.39 is 11.7 Å². The number of anilines is 1. The molecular formula is C21H12Cl2FN3O2S. The summed E-state index contributed by atoms with van der Waals surface area (Å²) in [6.45, 7) is 0. The lowest BCUT2D eigenvalue weighted by Gasteiger charge is -2.10. The van der Waals surface area contributed by atoms with E-state index in [1.54, 1.807) is 24.3 Å². The fraction of sp³-hybridized carbons (Fsp3) is 0. The van der Waals surface area contributed by atoms with Gasteiger partial charge in [-0.05, 0) is 60.7 Å². The highest BCUT2D eigenvalue weighted by Crippen LogP contribution is 2.30. The summed E-state index contributed by atoms with van der Waals surface area (Å²) in [6.07, 6.45) is 0. The fourth-order valence-electron chi connectivity index (χ4n) is 2.76. The van der Waals surface area contributed by atoms with Crippen LogP contribution in [0.25, 0.3) is 22.6 Å². The second kappa shape index (κ2) is 8.39. The number of nitrogens with zero attached hydrogens (tertiary/aromatic N) is 1. The summed E-state index contributed by atoms with van der Waals surface area (Å²) in [6, 6.07) is 15.9. The average Bonchev–Trinajstić information content (AvgIpc) is 3.11. The van der Waals surface area contributed by atoms with Crippen molar-refractivity contribution in [3.63, 3.8) is 0 Å². The van der Waals surface area contributed by atoms with Crippen LogP contribution in [0.4, 0.5) is 10.1 Å². The molecule has 5 nitrogen and oxygen atoms in total. The number of carbonyl (C=O) groups excluding carboxylic acids is 1. The van der Waals surface area contributed by atoms with E-state index in [1.807, 2.05) is 18.2 Å². The Hall–Kier alpha value is -3.00. The highest BCUT2D eigenvalue weighted by molar-refractivity contribution is 7.80. The normalized spacial score (nSPS) is 10.8. The van der Waals surface area contributed by atoms with Gasteiger partial charge in [-0.3, -0.25) is 10.1 Å². The van der Waals surface area contributed by atoms with Crippen molar-refractivity contribution in [3.05, 3.63) is 82.1 Å². The number of hydrogen-bond donors (Lipinski definition) is 2. The SMILES string of the molecule is O=C(NC(=S)Nc1ccc2oc(-c3ccccc3Cl)nc2c1)c1ccc(F)cc1Cl. The number of thiocarbonyl (C=S) groups is 1. The molecule has 4 rings (SSSR count). The highest BCUT2D eigenvalue weighted by Gasteiger charge is 2.14. The van der Waals surface area contributed by atoms with Gasteiger partial charge in [0.2, 0.25) is 5.89 Å². The van der Waals surface area contributed by atoms with Gasteiger partial charge in [0.25, 0.3) is 5.91 Å². The molecule has 30 heavy (non-hydrogen) atoms. The van der Waals surface area contributed by atoms with E-state index in [0.717, 1.165) is 12.1 Å². The molecule has 1 heterocycles. The zero-order chi connectivity index (χ0) is 21.3. The van der Waals surface area contributed by atoms with Crippen molar-refractivity contribution >= 4 is 63.2 Å². The number of hydrogen-bond acceptors (Lipinski definition) is 4. The van der Waals surface area contributed by atoms with E-state index in [-0.39, 0.29) is 15.7 Å². The Morgan fingerprint density at radius 3 is 2.60 bits per heavy atom. The zero-order valence-corrected chi connectivity index (χ0v) is 17.4. The second-order valence-electron chi connectivity index (χ2n) is 6.21. The number of fused-ring (bicyclic) bond motifs is 1. The van der Waals surface area contributed by atoms with Crippen LogP contribution in [-0.2, 0) is 0 Å². The molecule has 4 aromatic rings. The van der Waals surface area contributed by atoms with Crippen LogP contribution in [0.2, 0.25) is 10.0 Å². The number of rotatable bonds is 3. The lowest BCUT2D eigenvalue weighted by atomic mass is 10.2. The molecule has 3 aromatic carbocycles. The van der Waals surface area contributed by atoms with Gasteiger partial charge in [-0.15, -0.1) is 0 Å². The van der Waals surface area contributed by atoms with Crippen LogP contribution in [-0.4, -0.2) is 16.0 Å². The minimum Gasteiger partial charge on any atom is -0.436 e. The van der Waals surface area contributed by atoms with Crippen molar-refractivity contribution in [2.45, 2.75) is 0 Å². The summed E-state index contributed by atoms with van der Waals surface area (Å²) >= 11 is 17.3. The molecule has 0 aliphatic heterocycles. The molecule has 0 aliphatic rings. The molecule has 2 N–H and O–H groups in total. The number of benzene rings is 3. The van der Waals surface area contributed by atoms with Crippen LogP contribution in [0.3, 0.4) is 0 Å². The zero-order valence-electron chi connectivity index (χ0n) is 15.1. The number of halogens is 3. The minimum absolute atomic E-state index is 0.00795. The molecule has 0 spiro atoms. The second-order valence-corrected chi connectivity index (χ2v) is 7.44. The number of amides is 1. The average molecular weight is 460 g/mol. The molecule has 0 unspecified atom stereocenters. The number of nitrogens with one attached hydrogen (secondary N) is 2. The standard InChI is InChI=1S/C21H12Cl2FN3O2S/c22-15-4-2-1-3-14(15)20-26-17-10-12(6-8-18(17)29-20)25-21(30)27-19(28)13-7-5-11(24)9-16(13)23/h1-10H,(H2,25,27,28,30). The van der Waals surface area contributed by atoms with Crippen molar-refractivity contribution in [3.8, 4) is 11.5 Å². The van der Waals surface area contributed by atoms with Gasteiger partial charge in [0.05, 0.1) is 21.2 Å². The molecule has 9 heteroatoms. The highest BCUT2D eigenvalue weighted by atomic mass is 35.5. The summed E-state index contributed by atoms with van der Waals surface area (Å²) in [5.41, 5.74) is 2.55. The van der Waals surface area contributed by atoms with Crippen LogP contribution in [0, 0.1) is 5.82 Å². The molecule has 0 radical (unpaired) electrons. The van der Waals surface area contributed by atoms with Crippen LogP contribution in [0.15, 0.2) is 65.1 Å². The maximum Gasteiger partial charge on any atom is 0.258 e. The molecule has 0 fully saturated rings. The van der Waals surface area contributed by atoms with Gasteiger partial charge in [-0.25, -0.2) is 9.37 Å². The first kappa shape index (κ1) is 20.3. The third-order valence-electron chi connectivity index (χ3n) is 4.15. The number of aromatic nitrogens is 1. The van der Waals surface area contributed by atoms with Crippen molar-refractivity contribution in [2.24, 2.45) is 0 Å². The summed E-state index contributed by atoms with van der Waals surface area (Å²) in [4.78, 5) is 16.8. The molecular weight excluding hydrogens is 448 g/mol. The maximum absolute atomic E-state index is 13.1. The van der Waals surface area contributed by atoms with Crippen LogP contribution < -0.4 is 10.6 Å². The van der Waals surface area contributed by atoms with Gasteiger partial charge < -0.3 is 9.73 Å². The van der Waals surface area contributed by atoms with E-state index >= 15 is 0 Å². The Morgan fingerprint density at radius 2 is 1.83 bits per heavy atom. The van der Waals surface area contributed by atoms with Crippen LogP contribution >= 0.6 is 35.4 Å². The first-order valence-corrected chi connectivity index (χ1v) is 9.80. The molecule has 1 aromatic heterocycles. The predicted octanol–water partition coefficient (Wildman–Crippen LogP) is 6.07. The molecule has 150 valence electrons. The first-order valence-electron chi connectivity index (χ1n) is 8.63. The van der Waals surface area contributed by atoms with Gasteiger partial charge in [-0.2, -0.15) is 0 Å². The summed E-state index contributed by atoms with van der Waals surface area (Å²) < 4.78 is 18.9. The minimum atomic E-state index is -0.555. The molecule has 0 saturated heterocycles. The Balaban J connectivity index is 1.50.